The SMILES string of the molecule is CC(=O)OCC12CC(OC(C)=O)C3(O)C(=CC(O)C4(O)CC(O)C(O)CC43C)C1CCC2C(C)CCCC(C)C. The molecule has 228 valence electrons. The van der Waals surface area contributed by atoms with E-state index in [9.17, 15) is 35.1 Å². The van der Waals surface area contributed by atoms with Crippen molar-refractivity contribution in [1.82, 2.24) is 0 Å². The highest BCUT2D eigenvalue weighted by Gasteiger charge is 2.76. The third-order valence-electron chi connectivity index (χ3n) is 11.2. The van der Waals surface area contributed by atoms with E-state index in [1.54, 1.807) is 6.92 Å². The summed E-state index contributed by atoms with van der Waals surface area (Å²) in [6.07, 6.45) is 0.705. The number of fused-ring (bicyclic) bond motifs is 5. The van der Waals surface area contributed by atoms with E-state index in [4.69, 9.17) is 9.47 Å². The van der Waals surface area contributed by atoms with Crippen molar-refractivity contribution in [1.29, 1.82) is 0 Å². The molecule has 0 saturated heterocycles. The molecule has 4 aliphatic rings. The first-order valence-electron chi connectivity index (χ1n) is 15.0. The topological polar surface area (TPSA) is 154 Å². The summed E-state index contributed by atoms with van der Waals surface area (Å²) >= 11 is 0. The number of aliphatic hydroxyl groups excluding tert-OH is 3. The standard InChI is InChI=1S/C31H50O9/c1-17(2)8-7-9-18(3)21-10-11-22-23-12-26(36)30(37)14-25(35)24(34)13-28(30,6)31(23,38)27(40-20(5)33)15-29(21,22)16-39-19(4)32/h12,17-18,21-22,24-27,34-38H,7-11,13-16H2,1-6H3. The normalized spacial score (nSPS) is 45.1. The van der Waals surface area contributed by atoms with E-state index in [0.29, 0.717) is 17.9 Å². The van der Waals surface area contributed by atoms with Gasteiger partial charge in [-0.3, -0.25) is 9.59 Å². The Labute approximate surface area is 237 Å². The van der Waals surface area contributed by atoms with Gasteiger partial charge in [-0.2, -0.15) is 0 Å². The monoisotopic (exact) mass is 566 g/mol. The van der Waals surface area contributed by atoms with Crippen molar-refractivity contribution in [3.05, 3.63) is 11.6 Å². The van der Waals surface area contributed by atoms with Crippen molar-refractivity contribution < 1.29 is 44.6 Å². The number of hydrogen-bond donors (Lipinski definition) is 5. The van der Waals surface area contributed by atoms with E-state index in [1.165, 1.54) is 19.9 Å². The summed E-state index contributed by atoms with van der Waals surface area (Å²) in [5, 5.41) is 57.3. The van der Waals surface area contributed by atoms with Gasteiger partial charge in [0, 0.05) is 31.1 Å². The Kier molecular flexibility index (Phi) is 8.60. The van der Waals surface area contributed by atoms with Gasteiger partial charge in [-0.1, -0.05) is 53.0 Å². The van der Waals surface area contributed by atoms with Gasteiger partial charge in [-0.05, 0) is 54.9 Å². The van der Waals surface area contributed by atoms with Crippen molar-refractivity contribution in [3.8, 4) is 0 Å². The number of ether oxygens (including phenoxy) is 2. The lowest BCUT2D eigenvalue weighted by atomic mass is 9.42. The minimum absolute atomic E-state index is 0.0930. The zero-order chi connectivity index (χ0) is 29.8. The summed E-state index contributed by atoms with van der Waals surface area (Å²) in [5.41, 5.74) is -5.62. The van der Waals surface area contributed by atoms with Crippen LogP contribution in [0.3, 0.4) is 0 Å². The molecule has 0 aromatic carbocycles. The van der Waals surface area contributed by atoms with Gasteiger partial charge in [0.05, 0.1) is 18.8 Å². The van der Waals surface area contributed by atoms with Gasteiger partial charge in [-0.25, -0.2) is 0 Å². The summed E-state index contributed by atoms with van der Waals surface area (Å²) in [5.74, 6) is -0.350. The molecule has 40 heavy (non-hydrogen) atoms. The fourth-order valence-electron chi connectivity index (χ4n) is 9.18. The summed E-state index contributed by atoms with van der Waals surface area (Å²) < 4.78 is 11.6. The Morgan fingerprint density at radius 3 is 2.23 bits per heavy atom. The molecule has 4 rings (SSSR count). The van der Waals surface area contributed by atoms with Crippen LogP contribution in [0.2, 0.25) is 0 Å². The van der Waals surface area contributed by atoms with Crippen LogP contribution in [0, 0.1) is 34.5 Å². The van der Waals surface area contributed by atoms with Crippen LogP contribution in [0.5, 0.6) is 0 Å². The van der Waals surface area contributed by atoms with Crippen LogP contribution >= 0.6 is 0 Å². The fraction of sp³-hybridized carbons (Fsp3) is 0.871. The fourth-order valence-corrected chi connectivity index (χ4v) is 9.18. The van der Waals surface area contributed by atoms with E-state index in [0.717, 1.165) is 25.7 Å². The summed E-state index contributed by atoms with van der Waals surface area (Å²) in [6.45, 7) is 11.0. The maximum absolute atomic E-state index is 12.8. The van der Waals surface area contributed by atoms with Gasteiger partial charge < -0.3 is 35.0 Å². The van der Waals surface area contributed by atoms with E-state index >= 15 is 0 Å². The maximum Gasteiger partial charge on any atom is 0.303 e. The Bertz CT molecular complexity index is 1010. The lowest BCUT2D eigenvalue weighted by Gasteiger charge is -2.67. The van der Waals surface area contributed by atoms with Gasteiger partial charge in [0.2, 0.25) is 0 Å². The number of carbonyl (C=O) groups excluding carboxylic acids is 2. The molecule has 0 heterocycles. The second-order valence-electron chi connectivity index (χ2n) is 14.0. The molecule has 3 fully saturated rings. The van der Waals surface area contributed by atoms with E-state index in [2.05, 4.69) is 20.8 Å². The first kappa shape index (κ1) is 31.4. The number of rotatable bonds is 8. The van der Waals surface area contributed by atoms with Gasteiger partial charge >= 0.3 is 11.9 Å². The average Bonchev–Trinajstić information content (AvgIpc) is 3.21. The number of esters is 2. The summed E-state index contributed by atoms with van der Waals surface area (Å²) in [4.78, 5) is 24.6. The smallest absolute Gasteiger partial charge is 0.303 e. The zero-order valence-corrected chi connectivity index (χ0v) is 24.9. The molecule has 5 N–H and O–H groups in total. The van der Waals surface area contributed by atoms with E-state index in [-0.39, 0.29) is 43.6 Å². The van der Waals surface area contributed by atoms with Gasteiger partial charge in [0.1, 0.15) is 23.4 Å². The van der Waals surface area contributed by atoms with Crippen molar-refractivity contribution in [2.45, 2.75) is 129 Å². The van der Waals surface area contributed by atoms with Crippen LogP contribution in [0.4, 0.5) is 0 Å². The molecule has 11 atom stereocenters. The predicted molar refractivity (Wildman–Crippen MR) is 147 cm³/mol. The molecule has 11 unspecified atom stereocenters. The second-order valence-corrected chi connectivity index (χ2v) is 14.0. The third-order valence-corrected chi connectivity index (χ3v) is 11.2. The number of aliphatic hydroxyl groups is 5. The van der Waals surface area contributed by atoms with Crippen LogP contribution in [-0.4, -0.2) is 79.7 Å². The van der Waals surface area contributed by atoms with Crippen LogP contribution in [-0.2, 0) is 19.1 Å². The lowest BCUT2D eigenvalue weighted by molar-refractivity contribution is -0.299. The summed E-state index contributed by atoms with van der Waals surface area (Å²) in [7, 11) is 0. The average molecular weight is 567 g/mol. The predicted octanol–water partition coefficient (Wildman–Crippen LogP) is 2.64. The second kappa shape index (κ2) is 11.0. The first-order valence-corrected chi connectivity index (χ1v) is 15.0. The highest BCUT2D eigenvalue weighted by atomic mass is 16.6. The van der Waals surface area contributed by atoms with Crippen molar-refractivity contribution >= 4 is 11.9 Å². The van der Waals surface area contributed by atoms with Crippen molar-refractivity contribution in [3.63, 3.8) is 0 Å². The number of carbonyl (C=O) groups is 2. The molecule has 0 radical (unpaired) electrons. The van der Waals surface area contributed by atoms with Gasteiger partial charge in [0.15, 0.2) is 0 Å². The van der Waals surface area contributed by atoms with Crippen molar-refractivity contribution in [2.24, 2.45) is 34.5 Å². The van der Waals surface area contributed by atoms with E-state index < -0.39 is 58.4 Å². The molecule has 0 bridgehead atoms. The Hall–Kier alpha value is -1.52. The lowest BCUT2D eigenvalue weighted by Crippen LogP contribution is -2.78. The highest BCUT2D eigenvalue weighted by molar-refractivity contribution is 5.67. The van der Waals surface area contributed by atoms with Crippen LogP contribution < -0.4 is 0 Å². The molecule has 0 aromatic rings. The van der Waals surface area contributed by atoms with Crippen molar-refractivity contribution in [2.75, 3.05) is 6.61 Å². The highest BCUT2D eigenvalue weighted by Crippen LogP contribution is 2.69. The largest absolute Gasteiger partial charge is 0.465 e. The Morgan fingerprint density at radius 1 is 0.975 bits per heavy atom. The van der Waals surface area contributed by atoms with Crippen LogP contribution in [0.15, 0.2) is 11.6 Å². The van der Waals surface area contributed by atoms with Gasteiger partial charge in [0.25, 0.3) is 0 Å². The van der Waals surface area contributed by atoms with Crippen LogP contribution in [0.25, 0.3) is 0 Å². The first-order chi connectivity index (χ1) is 18.5. The molecule has 9 heteroatoms. The maximum atomic E-state index is 12.8. The number of hydrogen-bond acceptors (Lipinski definition) is 9. The molecule has 3 saturated carbocycles. The van der Waals surface area contributed by atoms with Crippen LogP contribution in [0.1, 0.15) is 92.9 Å². The Morgan fingerprint density at radius 2 is 1.62 bits per heavy atom. The van der Waals surface area contributed by atoms with Gasteiger partial charge in [-0.15, -0.1) is 0 Å². The molecular weight excluding hydrogens is 516 g/mol. The molecular formula is C31H50O9. The minimum Gasteiger partial charge on any atom is -0.465 e. The van der Waals surface area contributed by atoms with E-state index in [1.807, 2.05) is 0 Å². The third kappa shape index (κ3) is 4.74. The molecule has 9 nitrogen and oxygen atoms in total. The summed E-state index contributed by atoms with van der Waals surface area (Å²) in [6, 6.07) is 0. The zero-order valence-electron chi connectivity index (χ0n) is 24.9. The molecule has 4 aliphatic carbocycles. The molecule has 0 amide bonds. The molecule has 0 aromatic heterocycles. The molecule has 0 aliphatic heterocycles. The Balaban J connectivity index is 1.86. The quantitative estimate of drug-likeness (QED) is 0.220. The molecule has 0 spiro atoms. The minimum atomic E-state index is -1.97.